The molecule has 3 aliphatic rings. The molecule has 1 aromatic heterocycles. The van der Waals surface area contributed by atoms with Gasteiger partial charge >= 0.3 is 6.85 Å². The third-order valence-corrected chi connectivity index (χ3v) is 7.45. The smallest absolute Gasteiger partial charge is 0.324 e. The molecule has 5 aromatic rings. The summed E-state index contributed by atoms with van der Waals surface area (Å²) < 4.78 is 1.87. The van der Waals surface area contributed by atoms with E-state index in [0.29, 0.717) is 0 Å². The third-order valence-electron chi connectivity index (χ3n) is 7.45. The topological polar surface area (TPSA) is 27.5 Å². The van der Waals surface area contributed by atoms with E-state index in [0.717, 1.165) is 22.7 Å². The van der Waals surface area contributed by atoms with Crippen LogP contribution in [0.25, 0.3) is 27.9 Å². The second kappa shape index (κ2) is 8.77. The molecule has 3 aliphatic heterocycles. The van der Waals surface area contributed by atoms with Crippen molar-refractivity contribution in [3.63, 3.8) is 0 Å². The van der Waals surface area contributed by atoms with Gasteiger partial charge in [-0.15, -0.1) is 41.1 Å². The van der Waals surface area contributed by atoms with Crippen LogP contribution in [0.2, 0.25) is 0 Å². The maximum atomic E-state index is 4.47. The van der Waals surface area contributed by atoms with Gasteiger partial charge in [0.05, 0.1) is 0 Å². The van der Waals surface area contributed by atoms with Gasteiger partial charge in [0.2, 0.25) is 0 Å². The van der Waals surface area contributed by atoms with E-state index in [-0.39, 0.29) is 27.3 Å². The molecule has 0 aliphatic carbocycles. The number of hydrogen-bond acceptors (Lipinski definition) is 4. The molecule has 0 atom stereocenters. The van der Waals surface area contributed by atoms with Crippen LogP contribution in [-0.4, -0.2) is 28.6 Å². The van der Waals surface area contributed by atoms with Crippen LogP contribution in [0.1, 0.15) is 0 Å². The predicted octanol–water partition coefficient (Wildman–Crippen LogP) is 4.72. The van der Waals surface area contributed by atoms with Crippen molar-refractivity contribution < 1.29 is 20.4 Å². The van der Waals surface area contributed by atoms with Crippen LogP contribution in [-0.2, 0) is 20.4 Å². The van der Waals surface area contributed by atoms with Gasteiger partial charge in [-0.2, -0.15) is 23.9 Å². The van der Waals surface area contributed by atoms with Gasteiger partial charge in [-0.1, -0.05) is 82.0 Å². The van der Waals surface area contributed by atoms with Crippen molar-refractivity contribution in [2.45, 2.75) is 0 Å². The molecule has 186 valence electrons. The van der Waals surface area contributed by atoms with E-state index in [4.69, 9.17) is 0 Å². The van der Waals surface area contributed by atoms with Crippen LogP contribution in [0.3, 0.4) is 0 Å². The Morgan fingerprint density at radius 2 is 1.34 bits per heavy atom. The van der Waals surface area contributed by atoms with Gasteiger partial charge in [0.15, 0.2) is 0 Å². The zero-order chi connectivity index (χ0) is 24.5. The van der Waals surface area contributed by atoms with Crippen molar-refractivity contribution in [2.24, 2.45) is 0 Å². The number of aromatic nitrogens is 2. The van der Waals surface area contributed by atoms with Crippen LogP contribution in [0.15, 0.2) is 104 Å². The van der Waals surface area contributed by atoms with Crippen LogP contribution in [0, 0.1) is 18.8 Å². The average molecular weight is 581 g/mol. The SMILES string of the molecule is CN1C=CN(c2[c-]c3c(cc2)-c2ccccc2B2c4ccccc4-c4ccc(-n5cccn5)[c-]c4N23)[CH-]1.[Pd]. The van der Waals surface area contributed by atoms with Gasteiger partial charge < -0.3 is 14.6 Å². The zero-order valence-corrected chi connectivity index (χ0v) is 22.1. The number of benzene rings is 4. The summed E-state index contributed by atoms with van der Waals surface area (Å²) >= 11 is 0. The van der Waals surface area contributed by atoms with Gasteiger partial charge in [0, 0.05) is 32.8 Å². The van der Waals surface area contributed by atoms with Crippen molar-refractivity contribution in [1.82, 2.24) is 14.7 Å². The molecule has 0 saturated carbocycles. The second-order valence-electron chi connectivity index (χ2n) is 9.60. The summed E-state index contributed by atoms with van der Waals surface area (Å²) in [5.74, 6) is 0. The first-order valence-corrected chi connectivity index (χ1v) is 12.4. The molecule has 0 fully saturated rings. The Kier molecular flexibility index (Phi) is 5.33. The molecular formula is C31H21BN5Pd-3. The Labute approximate surface area is 236 Å². The monoisotopic (exact) mass is 580 g/mol. The first-order chi connectivity index (χ1) is 18.3. The van der Waals surface area contributed by atoms with E-state index in [1.807, 2.05) is 35.1 Å². The Hall–Kier alpha value is -4.04. The number of anilines is 3. The van der Waals surface area contributed by atoms with Crippen molar-refractivity contribution in [3.05, 3.63) is 122 Å². The molecule has 0 spiro atoms. The van der Waals surface area contributed by atoms with E-state index in [1.165, 1.54) is 33.2 Å². The minimum atomic E-state index is 0. The number of nitrogens with zero attached hydrogens (tertiary/aromatic N) is 5. The summed E-state index contributed by atoms with van der Waals surface area (Å²) in [5, 5.41) is 4.47. The molecule has 8 rings (SSSR count). The summed E-state index contributed by atoms with van der Waals surface area (Å²) in [6.45, 7) is 2.08. The Balaban J connectivity index is 0.00000242. The Morgan fingerprint density at radius 1 is 0.711 bits per heavy atom. The van der Waals surface area contributed by atoms with Crippen LogP contribution < -0.4 is 20.6 Å². The van der Waals surface area contributed by atoms with Crippen molar-refractivity contribution >= 4 is 34.8 Å². The van der Waals surface area contributed by atoms with E-state index in [2.05, 4.69) is 113 Å². The maximum Gasteiger partial charge on any atom is 0.324 e. The van der Waals surface area contributed by atoms with Crippen LogP contribution in [0.5, 0.6) is 0 Å². The first kappa shape index (κ1) is 23.1. The summed E-state index contributed by atoms with van der Waals surface area (Å²) in [7, 11) is 2.03. The van der Waals surface area contributed by atoms with E-state index in [1.54, 1.807) is 6.20 Å². The van der Waals surface area contributed by atoms with Gasteiger partial charge in [0.25, 0.3) is 0 Å². The summed E-state index contributed by atoms with van der Waals surface area (Å²) in [6.07, 6.45) is 7.87. The molecule has 4 aromatic carbocycles. The molecular weight excluding hydrogens is 560 g/mol. The molecule has 0 saturated heterocycles. The number of rotatable bonds is 2. The minimum Gasteiger partial charge on any atom is -0.510 e. The normalized spacial score (nSPS) is 14.3. The third kappa shape index (κ3) is 3.33. The van der Waals surface area contributed by atoms with Crippen molar-refractivity contribution in [2.75, 3.05) is 16.8 Å². The molecule has 0 radical (unpaired) electrons. The van der Waals surface area contributed by atoms with Crippen molar-refractivity contribution in [1.29, 1.82) is 0 Å². The Bertz CT molecular complexity index is 1710. The van der Waals surface area contributed by atoms with Gasteiger partial charge in [-0.25, -0.2) is 0 Å². The fourth-order valence-electron chi connectivity index (χ4n) is 5.82. The maximum absolute atomic E-state index is 4.47. The van der Waals surface area contributed by atoms with Gasteiger partial charge in [-0.3, -0.25) is 4.68 Å². The second-order valence-corrected chi connectivity index (χ2v) is 9.60. The molecule has 0 bridgehead atoms. The van der Waals surface area contributed by atoms with Crippen LogP contribution >= 0.6 is 0 Å². The minimum absolute atomic E-state index is 0. The van der Waals surface area contributed by atoms with Gasteiger partial charge in [0.1, 0.15) is 0 Å². The van der Waals surface area contributed by atoms with E-state index >= 15 is 0 Å². The van der Waals surface area contributed by atoms with Crippen molar-refractivity contribution in [3.8, 4) is 27.9 Å². The van der Waals surface area contributed by atoms with Gasteiger partial charge in [-0.05, 0) is 31.2 Å². The first-order valence-electron chi connectivity index (χ1n) is 12.4. The molecule has 5 nitrogen and oxygen atoms in total. The number of hydrogen-bond donors (Lipinski definition) is 0. The number of fused-ring (bicyclic) bond motifs is 11. The molecule has 0 unspecified atom stereocenters. The largest absolute Gasteiger partial charge is 0.510 e. The fourth-order valence-corrected chi connectivity index (χ4v) is 5.82. The quantitative estimate of drug-likeness (QED) is 0.223. The summed E-state index contributed by atoms with van der Waals surface area (Å²) in [4.78, 5) is 6.58. The summed E-state index contributed by atoms with van der Waals surface area (Å²) in [5.41, 5.74) is 11.4. The van der Waals surface area contributed by atoms with Crippen LogP contribution in [0.4, 0.5) is 17.1 Å². The molecule has 0 amide bonds. The summed E-state index contributed by atoms with van der Waals surface area (Å²) in [6, 6.07) is 35.7. The van der Waals surface area contributed by atoms with E-state index in [9.17, 15) is 0 Å². The molecule has 0 N–H and O–H groups in total. The predicted molar refractivity (Wildman–Crippen MR) is 149 cm³/mol. The zero-order valence-electron chi connectivity index (χ0n) is 20.5. The fraction of sp³-hybridized carbons (Fsp3) is 0.0323. The average Bonchev–Trinajstić information content (AvgIpc) is 3.65. The molecule has 38 heavy (non-hydrogen) atoms. The molecule has 7 heteroatoms. The standard InChI is InChI=1S/C31H21BN5.Pd/c1-34-17-18-35(21-34)22-11-13-26-24-7-2-4-9-28(24)32-29-10-5-3-8-25(29)27-14-12-23(36-16-6-15-33-36)20-31(27)37(32)30(26)19-22;/h2-18,21H,1H3;/q-3;. The Morgan fingerprint density at radius 3 is 1.95 bits per heavy atom. The van der Waals surface area contributed by atoms with E-state index < -0.39 is 0 Å². The molecule has 4 heterocycles.